The summed E-state index contributed by atoms with van der Waals surface area (Å²) in [6.07, 6.45) is 1.55. The van der Waals surface area contributed by atoms with Gasteiger partial charge in [0.2, 0.25) is 5.89 Å². The SMILES string of the molecule is CC(C)CCC(C)(O)CNC(=O)NC(C)c1nc(C(C)(C)C)no1. The fraction of sp³-hybridized carbons (Fsp3) is 0.824. The summed E-state index contributed by atoms with van der Waals surface area (Å²) >= 11 is 0. The Kier molecular flexibility index (Phi) is 6.77. The topological polar surface area (TPSA) is 100 Å². The van der Waals surface area contributed by atoms with E-state index in [-0.39, 0.29) is 18.0 Å². The van der Waals surface area contributed by atoms with Crippen molar-refractivity contribution >= 4 is 6.03 Å². The van der Waals surface area contributed by atoms with Crippen LogP contribution in [0.3, 0.4) is 0 Å². The molecule has 7 heteroatoms. The molecule has 7 nitrogen and oxygen atoms in total. The number of carbonyl (C=O) groups excluding carboxylic acids is 1. The van der Waals surface area contributed by atoms with E-state index in [4.69, 9.17) is 4.52 Å². The van der Waals surface area contributed by atoms with E-state index >= 15 is 0 Å². The monoisotopic (exact) mass is 340 g/mol. The van der Waals surface area contributed by atoms with Crippen LogP contribution in [0.4, 0.5) is 4.79 Å². The summed E-state index contributed by atoms with van der Waals surface area (Å²) in [4.78, 5) is 16.3. The molecule has 1 aromatic heterocycles. The van der Waals surface area contributed by atoms with Crippen molar-refractivity contribution in [3.8, 4) is 0 Å². The Bertz CT molecular complexity index is 532. The molecule has 0 fully saturated rings. The van der Waals surface area contributed by atoms with Crippen LogP contribution in [0, 0.1) is 5.92 Å². The van der Waals surface area contributed by atoms with Gasteiger partial charge < -0.3 is 20.3 Å². The largest absolute Gasteiger partial charge is 0.388 e. The zero-order valence-electron chi connectivity index (χ0n) is 15.9. The predicted octanol–water partition coefficient (Wildman–Crippen LogP) is 2.91. The molecule has 1 rings (SSSR count). The Balaban J connectivity index is 2.48. The summed E-state index contributed by atoms with van der Waals surface area (Å²) < 4.78 is 5.21. The van der Waals surface area contributed by atoms with Gasteiger partial charge in [-0.3, -0.25) is 0 Å². The molecule has 3 N–H and O–H groups in total. The van der Waals surface area contributed by atoms with Crippen LogP contribution in [-0.2, 0) is 5.41 Å². The van der Waals surface area contributed by atoms with Crippen LogP contribution in [0.15, 0.2) is 4.52 Å². The first-order valence-electron chi connectivity index (χ1n) is 8.51. The maximum Gasteiger partial charge on any atom is 0.315 e. The number of nitrogens with one attached hydrogen (secondary N) is 2. The second kappa shape index (κ2) is 7.96. The zero-order chi connectivity index (χ0) is 18.5. The predicted molar refractivity (Wildman–Crippen MR) is 92.6 cm³/mol. The fourth-order valence-electron chi connectivity index (χ4n) is 1.98. The van der Waals surface area contributed by atoms with Gasteiger partial charge in [-0.05, 0) is 32.6 Å². The highest BCUT2D eigenvalue weighted by Gasteiger charge is 2.25. The maximum absolute atomic E-state index is 12.0. The number of aliphatic hydroxyl groups is 1. The first kappa shape index (κ1) is 20.4. The van der Waals surface area contributed by atoms with E-state index in [1.807, 2.05) is 20.8 Å². The molecule has 0 spiro atoms. The number of aromatic nitrogens is 2. The second-order valence-corrected chi connectivity index (χ2v) is 8.18. The van der Waals surface area contributed by atoms with Gasteiger partial charge in [0.1, 0.15) is 6.04 Å². The molecule has 0 aliphatic rings. The minimum Gasteiger partial charge on any atom is -0.388 e. The molecule has 0 radical (unpaired) electrons. The van der Waals surface area contributed by atoms with E-state index in [9.17, 15) is 9.90 Å². The minimum absolute atomic E-state index is 0.190. The number of carbonyl (C=O) groups is 1. The van der Waals surface area contributed by atoms with E-state index in [2.05, 4.69) is 34.6 Å². The molecular formula is C17H32N4O3. The lowest BCUT2D eigenvalue weighted by molar-refractivity contribution is 0.0475. The fourth-order valence-corrected chi connectivity index (χ4v) is 1.98. The summed E-state index contributed by atoms with van der Waals surface area (Å²) in [5, 5.41) is 19.7. The highest BCUT2D eigenvalue weighted by Crippen LogP contribution is 2.20. The number of urea groups is 1. The van der Waals surface area contributed by atoms with E-state index < -0.39 is 11.6 Å². The van der Waals surface area contributed by atoms with Gasteiger partial charge in [-0.25, -0.2) is 4.79 Å². The van der Waals surface area contributed by atoms with Gasteiger partial charge in [0.05, 0.1) is 5.60 Å². The van der Waals surface area contributed by atoms with Crippen molar-refractivity contribution in [1.82, 2.24) is 20.8 Å². The molecule has 24 heavy (non-hydrogen) atoms. The van der Waals surface area contributed by atoms with Crippen molar-refractivity contribution in [2.45, 2.75) is 78.4 Å². The number of amides is 2. The Morgan fingerprint density at radius 1 is 1.25 bits per heavy atom. The molecule has 2 amide bonds. The molecular weight excluding hydrogens is 308 g/mol. The zero-order valence-corrected chi connectivity index (χ0v) is 15.9. The number of nitrogens with zero attached hydrogens (tertiary/aromatic N) is 2. The van der Waals surface area contributed by atoms with Gasteiger partial charge in [0, 0.05) is 12.0 Å². The average Bonchev–Trinajstić information content (AvgIpc) is 2.93. The second-order valence-electron chi connectivity index (χ2n) is 8.18. The Morgan fingerprint density at radius 2 is 1.88 bits per heavy atom. The van der Waals surface area contributed by atoms with Gasteiger partial charge in [-0.15, -0.1) is 0 Å². The van der Waals surface area contributed by atoms with Crippen molar-refractivity contribution in [2.24, 2.45) is 5.92 Å². The summed E-state index contributed by atoms with van der Waals surface area (Å²) in [7, 11) is 0. The molecule has 0 aromatic carbocycles. The van der Waals surface area contributed by atoms with Crippen molar-refractivity contribution in [2.75, 3.05) is 6.54 Å². The quantitative estimate of drug-likeness (QED) is 0.708. The minimum atomic E-state index is -0.922. The first-order chi connectivity index (χ1) is 10.9. The van der Waals surface area contributed by atoms with Crippen molar-refractivity contribution in [3.05, 3.63) is 11.7 Å². The average molecular weight is 340 g/mol. The summed E-state index contributed by atoms with van der Waals surface area (Å²) in [6.45, 7) is 13.9. The Labute approximate surface area is 144 Å². The molecule has 0 aliphatic heterocycles. The molecule has 138 valence electrons. The summed E-state index contributed by atoms with van der Waals surface area (Å²) in [6, 6.07) is -0.781. The van der Waals surface area contributed by atoms with Gasteiger partial charge in [-0.1, -0.05) is 39.8 Å². The Hall–Kier alpha value is -1.63. The number of hydrogen-bond acceptors (Lipinski definition) is 5. The Morgan fingerprint density at radius 3 is 2.38 bits per heavy atom. The molecule has 1 aromatic rings. The van der Waals surface area contributed by atoms with Crippen LogP contribution in [-0.4, -0.2) is 33.4 Å². The van der Waals surface area contributed by atoms with Crippen molar-refractivity contribution in [1.29, 1.82) is 0 Å². The van der Waals surface area contributed by atoms with Gasteiger partial charge in [0.25, 0.3) is 0 Å². The third-order valence-corrected chi connectivity index (χ3v) is 3.72. The standard InChI is InChI=1S/C17H32N4O3/c1-11(2)8-9-17(7,23)10-18-15(22)19-12(3)13-20-14(21-24-13)16(4,5)6/h11-12,23H,8-10H2,1-7H3,(H2,18,19,22). The van der Waals surface area contributed by atoms with Crippen LogP contribution < -0.4 is 10.6 Å². The highest BCUT2D eigenvalue weighted by atomic mass is 16.5. The number of hydrogen-bond donors (Lipinski definition) is 3. The van der Waals surface area contributed by atoms with Crippen molar-refractivity contribution in [3.63, 3.8) is 0 Å². The molecule has 2 unspecified atom stereocenters. The van der Waals surface area contributed by atoms with E-state index in [1.165, 1.54) is 0 Å². The molecule has 0 saturated carbocycles. The molecule has 2 atom stereocenters. The highest BCUT2D eigenvalue weighted by molar-refractivity contribution is 5.74. The lowest BCUT2D eigenvalue weighted by atomic mass is 9.95. The molecule has 0 aliphatic carbocycles. The van der Waals surface area contributed by atoms with Crippen LogP contribution >= 0.6 is 0 Å². The lowest BCUT2D eigenvalue weighted by Gasteiger charge is -2.25. The van der Waals surface area contributed by atoms with Crippen LogP contribution in [0.5, 0.6) is 0 Å². The maximum atomic E-state index is 12.0. The van der Waals surface area contributed by atoms with Gasteiger partial charge in [-0.2, -0.15) is 4.98 Å². The van der Waals surface area contributed by atoms with E-state index in [1.54, 1.807) is 13.8 Å². The van der Waals surface area contributed by atoms with E-state index in [0.717, 1.165) is 6.42 Å². The van der Waals surface area contributed by atoms with E-state index in [0.29, 0.717) is 24.1 Å². The smallest absolute Gasteiger partial charge is 0.315 e. The van der Waals surface area contributed by atoms with Gasteiger partial charge in [0.15, 0.2) is 5.82 Å². The molecule has 0 saturated heterocycles. The third-order valence-electron chi connectivity index (χ3n) is 3.72. The van der Waals surface area contributed by atoms with Crippen LogP contribution in [0.2, 0.25) is 0 Å². The van der Waals surface area contributed by atoms with Crippen LogP contribution in [0.1, 0.15) is 79.1 Å². The molecule has 1 heterocycles. The van der Waals surface area contributed by atoms with Crippen LogP contribution in [0.25, 0.3) is 0 Å². The molecule has 0 bridgehead atoms. The first-order valence-corrected chi connectivity index (χ1v) is 8.51. The third kappa shape index (κ3) is 6.86. The van der Waals surface area contributed by atoms with Crippen molar-refractivity contribution < 1.29 is 14.4 Å². The normalized spacial score (nSPS) is 15.9. The lowest BCUT2D eigenvalue weighted by Crippen LogP contribution is -2.45. The summed E-state index contributed by atoms with van der Waals surface area (Å²) in [5.41, 5.74) is -1.13. The van der Waals surface area contributed by atoms with Gasteiger partial charge >= 0.3 is 6.03 Å². The number of rotatable bonds is 7. The summed E-state index contributed by atoms with van der Waals surface area (Å²) in [5.74, 6) is 1.48.